The van der Waals surface area contributed by atoms with Gasteiger partial charge in [0.1, 0.15) is 0 Å². The molecule has 0 aromatic heterocycles. The van der Waals surface area contributed by atoms with Gasteiger partial charge in [0.2, 0.25) is 0 Å². The van der Waals surface area contributed by atoms with Gasteiger partial charge in [-0.25, -0.2) is 0 Å². The van der Waals surface area contributed by atoms with Crippen LogP contribution in [0.3, 0.4) is 0 Å². The molecule has 1 nitrogen and oxygen atoms in total. The molecule has 23 heavy (non-hydrogen) atoms. The van der Waals surface area contributed by atoms with Crippen LogP contribution in [0.2, 0.25) is 0 Å². The molecule has 0 N–H and O–H groups in total. The van der Waals surface area contributed by atoms with E-state index in [1.165, 1.54) is 16.7 Å². The second-order valence-corrected chi connectivity index (χ2v) is 5.95. The molecule has 118 valence electrons. The van der Waals surface area contributed by atoms with Crippen LogP contribution < -0.4 is 17.0 Å². The Labute approximate surface area is 167 Å². The van der Waals surface area contributed by atoms with Crippen molar-refractivity contribution in [1.82, 2.24) is 0 Å². The average molecular weight is 383 g/mol. The smallest absolute Gasteiger partial charge is 1.00 e. The van der Waals surface area contributed by atoms with Crippen molar-refractivity contribution in [3.05, 3.63) is 76.7 Å². The Kier molecular flexibility index (Phi) is 10.5. The molecule has 0 aliphatic rings. The summed E-state index contributed by atoms with van der Waals surface area (Å²) in [6.45, 7) is 8.89. The van der Waals surface area contributed by atoms with E-state index in [-0.39, 0.29) is 40.0 Å². The van der Waals surface area contributed by atoms with E-state index in [0.29, 0.717) is 11.8 Å². The van der Waals surface area contributed by atoms with Crippen LogP contribution in [0.15, 0.2) is 54.7 Å². The van der Waals surface area contributed by atoms with E-state index in [1.54, 1.807) is 0 Å². The van der Waals surface area contributed by atoms with E-state index in [2.05, 4.69) is 64.1 Å². The zero-order valence-electron chi connectivity index (χ0n) is 14.5. The molecular weight excluding hydrogens is 358 g/mol. The Balaban J connectivity index is 0.00000242. The minimum Gasteiger partial charge on any atom is -1.00 e. The van der Waals surface area contributed by atoms with Crippen molar-refractivity contribution in [2.75, 3.05) is 0 Å². The van der Waals surface area contributed by atoms with E-state index in [4.69, 9.17) is 5.32 Å². The summed E-state index contributed by atoms with van der Waals surface area (Å²) in [7, 11) is 0. The summed E-state index contributed by atoms with van der Waals surface area (Å²) in [5.41, 5.74) is 4.95. The SMILES string of the molecule is CC(C)c1cccc(C(C)C)c1[N-]C=Cc1ccccc1.[Br-].[Mg+2]. The maximum Gasteiger partial charge on any atom is 2.00 e. The van der Waals surface area contributed by atoms with Gasteiger partial charge in [0, 0.05) is 0 Å². The molecule has 0 aliphatic heterocycles. The van der Waals surface area contributed by atoms with Crippen LogP contribution in [0.1, 0.15) is 56.2 Å². The number of para-hydroxylation sites is 1. The van der Waals surface area contributed by atoms with Gasteiger partial charge in [-0.15, -0.1) is 5.69 Å². The van der Waals surface area contributed by atoms with Crippen molar-refractivity contribution >= 4 is 34.8 Å². The first kappa shape index (κ1) is 22.2. The molecule has 0 spiro atoms. The number of hydrogen-bond donors (Lipinski definition) is 0. The molecule has 0 aliphatic carbocycles. The zero-order valence-corrected chi connectivity index (χ0v) is 17.5. The van der Waals surface area contributed by atoms with E-state index in [0.717, 1.165) is 5.69 Å². The van der Waals surface area contributed by atoms with Crippen molar-refractivity contribution in [1.29, 1.82) is 0 Å². The Morgan fingerprint density at radius 1 is 0.783 bits per heavy atom. The molecule has 0 unspecified atom stereocenters. The van der Waals surface area contributed by atoms with Crippen LogP contribution in [-0.4, -0.2) is 23.1 Å². The fourth-order valence-electron chi connectivity index (χ4n) is 2.42. The van der Waals surface area contributed by atoms with Crippen molar-refractivity contribution in [3.8, 4) is 0 Å². The summed E-state index contributed by atoms with van der Waals surface area (Å²) < 4.78 is 0. The van der Waals surface area contributed by atoms with Crippen LogP contribution in [0, 0.1) is 0 Å². The number of hydrogen-bond acceptors (Lipinski definition) is 0. The van der Waals surface area contributed by atoms with E-state index < -0.39 is 0 Å². The molecule has 0 atom stereocenters. The largest absolute Gasteiger partial charge is 2.00 e. The zero-order chi connectivity index (χ0) is 15.2. The molecule has 0 heterocycles. The summed E-state index contributed by atoms with van der Waals surface area (Å²) >= 11 is 0. The van der Waals surface area contributed by atoms with Gasteiger partial charge in [-0.3, -0.25) is 0 Å². The minimum absolute atomic E-state index is 0. The molecule has 2 rings (SSSR count). The first-order chi connectivity index (χ1) is 10.1. The number of benzene rings is 2. The maximum atomic E-state index is 4.76. The third-order valence-electron chi connectivity index (χ3n) is 3.61. The molecule has 0 bridgehead atoms. The Bertz CT molecular complexity index is 580. The maximum absolute atomic E-state index is 4.76. The summed E-state index contributed by atoms with van der Waals surface area (Å²) in [4.78, 5) is 0. The molecule has 0 amide bonds. The monoisotopic (exact) mass is 381 g/mol. The Hall–Kier alpha value is -0.774. The second kappa shape index (κ2) is 10.9. The number of halogens is 1. The first-order valence-corrected chi connectivity index (χ1v) is 7.65. The van der Waals surface area contributed by atoms with Crippen LogP contribution in [0.5, 0.6) is 0 Å². The first-order valence-electron chi connectivity index (χ1n) is 7.65. The van der Waals surface area contributed by atoms with Gasteiger partial charge in [0.05, 0.1) is 0 Å². The van der Waals surface area contributed by atoms with Crippen LogP contribution in [-0.2, 0) is 0 Å². The quantitative estimate of drug-likeness (QED) is 0.705. The third kappa shape index (κ3) is 6.32. The van der Waals surface area contributed by atoms with Gasteiger partial charge in [0.25, 0.3) is 0 Å². The summed E-state index contributed by atoms with van der Waals surface area (Å²) in [6, 6.07) is 16.8. The standard InChI is InChI=1S/C20H24N.BrH.Mg/c1-15(2)18-11-8-12-19(16(3)4)20(18)21-14-13-17-9-6-5-7-10-17;;/h5-16H,1-4H3;1H;/q-1;;+2/p-1. The average Bonchev–Trinajstić information content (AvgIpc) is 2.48. The fourth-order valence-corrected chi connectivity index (χ4v) is 2.42. The van der Waals surface area contributed by atoms with Crippen molar-refractivity contribution < 1.29 is 17.0 Å². The molecule has 2 aromatic rings. The van der Waals surface area contributed by atoms with E-state index in [9.17, 15) is 0 Å². The minimum atomic E-state index is 0. The van der Waals surface area contributed by atoms with Gasteiger partial charge < -0.3 is 22.3 Å². The molecule has 0 radical (unpaired) electrons. The molecule has 0 saturated heterocycles. The summed E-state index contributed by atoms with van der Waals surface area (Å²) in [5, 5.41) is 4.76. The van der Waals surface area contributed by atoms with Crippen LogP contribution in [0.4, 0.5) is 5.69 Å². The van der Waals surface area contributed by atoms with Crippen molar-refractivity contribution in [2.45, 2.75) is 39.5 Å². The van der Waals surface area contributed by atoms with E-state index >= 15 is 0 Å². The van der Waals surface area contributed by atoms with Crippen molar-refractivity contribution in [3.63, 3.8) is 0 Å². The second-order valence-electron chi connectivity index (χ2n) is 5.95. The van der Waals surface area contributed by atoms with Gasteiger partial charge in [-0.2, -0.15) is 6.20 Å². The van der Waals surface area contributed by atoms with Crippen LogP contribution in [0.25, 0.3) is 11.4 Å². The topological polar surface area (TPSA) is 14.1 Å². The van der Waals surface area contributed by atoms with Gasteiger partial charge in [0.15, 0.2) is 0 Å². The van der Waals surface area contributed by atoms with E-state index in [1.807, 2.05) is 24.4 Å². The van der Waals surface area contributed by atoms with Crippen molar-refractivity contribution in [2.24, 2.45) is 0 Å². The summed E-state index contributed by atoms with van der Waals surface area (Å²) in [6.07, 6.45) is 3.98. The normalized spacial score (nSPS) is 10.5. The molecule has 3 heteroatoms. The third-order valence-corrected chi connectivity index (χ3v) is 3.61. The fraction of sp³-hybridized carbons (Fsp3) is 0.300. The molecule has 0 saturated carbocycles. The predicted octanol–water partition coefficient (Wildman–Crippen LogP) is 3.23. The van der Waals surface area contributed by atoms with Crippen LogP contribution >= 0.6 is 0 Å². The predicted molar refractivity (Wildman–Crippen MR) is 98.9 cm³/mol. The molecular formula is C20H24BrMgN. The Morgan fingerprint density at radius 2 is 1.30 bits per heavy atom. The Morgan fingerprint density at radius 3 is 1.78 bits per heavy atom. The van der Waals surface area contributed by atoms with Gasteiger partial charge >= 0.3 is 23.1 Å². The van der Waals surface area contributed by atoms with Gasteiger partial charge in [-0.05, 0) is 17.4 Å². The van der Waals surface area contributed by atoms with Gasteiger partial charge in [-0.1, -0.05) is 93.4 Å². The number of nitrogens with zero attached hydrogens (tertiary/aromatic N) is 1. The molecule has 2 aromatic carbocycles. The molecule has 0 fully saturated rings. The number of rotatable bonds is 5. The summed E-state index contributed by atoms with van der Waals surface area (Å²) in [5.74, 6) is 0.958.